The first kappa shape index (κ1) is 19.1. The molecule has 1 amide bonds. The lowest BCUT2D eigenvalue weighted by Crippen LogP contribution is -2.32. The molecule has 0 aromatic heterocycles. The highest BCUT2D eigenvalue weighted by atomic mass is 79.9. The smallest absolute Gasteiger partial charge is 0.282 e. The number of benzene rings is 3. The van der Waals surface area contributed by atoms with Gasteiger partial charge in [0.2, 0.25) is 0 Å². The Morgan fingerprint density at radius 3 is 2.34 bits per heavy atom. The number of rotatable bonds is 4. The number of amidine groups is 1. The Morgan fingerprint density at radius 2 is 1.69 bits per heavy atom. The summed E-state index contributed by atoms with van der Waals surface area (Å²) in [4.78, 5) is 19.4. The number of aliphatic imine (C=N–C) groups is 1. The van der Waals surface area contributed by atoms with Crippen LogP contribution in [0.4, 0.5) is 10.1 Å². The van der Waals surface area contributed by atoms with E-state index in [0.29, 0.717) is 22.8 Å². The molecule has 0 bridgehead atoms. The van der Waals surface area contributed by atoms with Gasteiger partial charge in [-0.05, 0) is 54.1 Å². The molecule has 3 aromatic rings. The molecule has 0 N–H and O–H groups in total. The second-order valence-corrected chi connectivity index (χ2v) is 7.19. The first-order valence-corrected chi connectivity index (χ1v) is 9.65. The van der Waals surface area contributed by atoms with Gasteiger partial charge in [-0.25, -0.2) is 9.38 Å². The van der Waals surface area contributed by atoms with Crippen LogP contribution in [0.1, 0.15) is 11.1 Å². The molecule has 4 rings (SSSR count). The van der Waals surface area contributed by atoms with Gasteiger partial charge < -0.3 is 4.74 Å². The van der Waals surface area contributed by atoms with Crippen molar-refractivity contribution in [3.05, 3.63) is 99.9 Å². The fraction of sp³-hybridized carbons (Fsp3) is 0.0435. The lowest BCUT2D eigenvalue weighted by atomic mass is 10.1. The van der Waals surface area contributed by atoms with E-state index >= 15 is 0 Å². The molecule has 6 heteroatoms. The Hall–Kier alpha value is -3.25. The fourth-order valence-corrected chi connectivity index (χ4v) is 3.49. The summed E-state index contributed by atoms with van der Waals surface area (Å²) in [5.41, 5.74) is 2.44. The molecule has 3 aromatic carbocycles. The van der Waals surface area contributed by atoms with Crippen molar-refractivity contribution in [2.75, 3.05) is 12.0 Å². The van der Waals surface area contributed by atoms with Crippen LogP contribution in [0.25, 0.3) is 6.08 Å². The van der Waals surface area contributed by atoms with Gasteiger partial charge in [0.25, 0.3) is 5.91 Å². The highest BCUT2D eigenvalue weighted by Crippen LogP contribution is 2.31. The summed E-state index contributed by atoms with van der Waals surface area (Å²) < 4.78 is 19.3. The van der Waals surface area contributed by atoms with Crippen molar-refractivity contribution in [2.24, 2.45) is 4.99 Å². The Bertz CT molecular complexity index is 1120. The van der Waals surface area contributed by atoms with E-state index in [-0.39, 0.29) is 17.4 Å². The number of anilines is 1. The van der Waals surface area contributed by atoms with E-state index in [2.05, 4.69) is 20.9 Å². The van der Waals surface area contributed by atoms with Gasteiger partial charge in [0.1, 0.15) is 23.1 Å². The predicted octanol–water partition coefficient (Wildman–Crippen LogP) is 5.43. The molecule has 0 atom stereocenters. The maximum atomic E-state index is 13.2. The molecule has 0 radical (unpaired) electrons. The van der Waals surface area contributed by atoms with Gasteiger partial charge in [-0.3, -0.25) is 9.69 Å². The first-order chi connectivity index (χ1) is 14.1. The van der Waals surface area contributed by atoms with Crippen LogP contribution in [0.2, 0.25) is 0 Å². The number of hydrogen-bond donors (Lipinski definition) is 0. The van der Waals surface area contributed by atoms with E-state index in [0.717, 1.165) is 10.0 Å². The normalized spacial score (nSPS) is 15.0. The average Bonchev–Trinajstić information content (AvgIpc) is 3.06. The van der Waals surface area contributed by atoms with E-state index in [1.54, 1.807) is 42.4 Å². The van der Waals surface area contributed by atoms with Gasteiger partial charge in [0.15, 0.2) is 0 Å². The zero-order valence-corrected chi connectivity index (χ0v) is 17.1. The second kappa shape index (κ2) is 8.01. The largest absolute Gasteiger partial charge is 0.497 e. The molecule has 0 unspecified atom stereocenters. The van der Waals surface area contributed by atoms with Crippen molar-refractivity contribution in [1.29, 1.82) is 0 Å². The lowest BCUT2D eigenvalue weighted by molar-refractivity contribution is -0.113. The van der Waals surface area contributed by atoms with Crippen LogP contribution in [0.3, 0.4) is 0 Å². The summed E-state index contributed by atoms with van der Waals surface area (Å²) >= 11 is 3.54. The Kier molecular flexibility index (Phi) is 5.27. The minimum Gasteiger partial charge on any atom is -0.497 e. The van der Waals surface area contributed by atoms with Crippen molar-refractivity contribution in [2.45, 2.75) is 0 Å². The molecular weight excluding hydrogens is 435 g/mol. The minimum atomic E-state index is -0.331. The van der Waals surface area contributed by atoms with Crippen LogP contribution in [0, 0.1) is 5.82 Å². The van der Waals surface area contributed by atoms with Crippen molar-refractivity contribution >= 4 is 39.4 Å². The highest BCUT2D eigenvalue weighted by Gasteiger charge is 2.33. The maximum absolute atomic E-state index is 13.2. The van der Waals surface area contributed by atoms with Crippen LogP contribution in [0.15, 0.2) is 88.0 Å². The number of halogens is 2. The summed E-state index contributed by atoms with van der Waals surface area (Å²) in [6.07, 6.45) is 1.65. The second-order valence-electron chi connectivity index (χ2n) is 6.33. The first-order valence-electron chi connectivity index (χ1n) is 8.86. The quantitative estimate of drug-likeness (QED) is 0.497. The lowest BCUT2D eigenvalue weighted by Gasteiger charge is -2.19. The topological polar surface area (TPSA) is 41.9 Å². The standard InChI is InChI=1S/C23H16BrFN2O2/c1-29-18-12-10-17(11-13-18)27-22(19-4-2-3-5-20(19)24)26-21(23(27)28)14-15-6-8-16(25)9-7-15/h2-14H,1H3/b21-14+. The molecule has 1 aliphatic heterocycles. The molecule has 1 aliphatic rings. The van der Waals surface area contributed by atoms with E-state index in [4.69, 9.17) is 4.74 Å². The van der Waals surface area contributed by atoms with Crippen LogP contribution in [0.5, 0.6) is 5.75 Å². The summed E-state index contributed by atoms with van der Waals surface area (Å²) in [7, 11) is 1.59. The van der Waals surface area contributed by atoms with Crippen molar-refractivity contribution < 1.29 is 13.9 Å². The molecule has 0 spiro atoms. The van der Waals surface area contributed by atoms with Crippen molar-refractivity contribution in [1.82, 2.24) is 0 Å². The number of carbonyl (C=O) groups is 1. The van der Waals surface area contributed by atoms with Gasteiger partial charge in [-0.15, -0.1) is 0 Å². The number of hydrogen-bond acceptors (Lipinski definition) is 3. The molecule has 29 heavy (non-hydrogen) atoms. The number of ether oxygens (including phenoxy) is 1. The van der Waals surface area contributed by atoms with Gasteiger partial charge in [0, 0.05) is 10.0 Å². The molecule has 144 valence electrons. The van der Waals surface area contributed by atoms with E-state index in [9.17, 15) is 9.18 Å². The Balaban J connectivity index is 1.82. The number of carbonyl (C=O) groups excluding carboxylic acids is 1. The maximum Gasteiger partial charge on any atom is 0.282 e. The molecule has 0 saturated carbocycles. The molecule has 4 nitrogen and oxygen atoms in total. The predicted molar refractivity (Wildman–Crippen MR) is 116 cm³/mol. The van der Waals surface area contributed by atoms with Crippen molar-refractivity contribution in [3.63, 3.8) is 0 Å². The summed E-state index contributed by atoms with van der Waals surface area (Å²) in [6.45, 7) is 0. The van der Waals surface area contributed by atoms with Crippen molar-refractivity contribution in [3.8, 4) is 5.75 Å². The third-order valence-corrected chi connectivity index (χ3v) is 5.17. The Labute approximate surface area is 176 Å². The van der Waals surface area contributed by atoms with E-state index < -0.39 is 0 Å². The summed E-state index contributed by atoms with van der Waals surface area (Å²) in [6, 6.07) is 20.7. The van der Waals surface area contributed by atoms with Gasteiger partial charge in [-0.2, -0.15) is 0 Å². The zero-order chi connectivity index (χ0) is 20.4. The molecular formula is C23H16BrFN2O2. The number of methoxy groups -OCH3 is 1. The van der Waals surface area contributed by atoms with Gasteiger partial charge >= 0.3 is 0 Å². The van der Waals surface area contributed by atoms with Crippen LogP contribution in [-0.4, -0.2) is 18.9 Å². The monoisotopic (exact) mass is 450 g/mol. The molecule has 0 aliphatic carbocycles. The Morgan fingerprint density at radius 1 is 1.00 bits per heavy atom. The third-order valence-electron chi connectivity index (χ3n) is 4.48. The SMILES string of the molecule is COc1ccc(N2C(=O)/C(=C\c3ccc(F)cc3)N=C2c2ccccc2Br)cc1. The molecule has 1 heterocycles. The molecule has 0 fully saturated rings. The van der Waals surface area contributed by atoms with Gasteiger partial charge in [0.05, 0.1) is 12.8 Å². The fourth-order valence-electron chi connectivity index (χ4n) is 3.03. The van der Waals surface area contributed by atoms with Gasteiger partial charge in [-0.1, -0.05) is 46.3 Å². The highest BCUT2D eigenvalue weighted by molar-refractivity contribution is 9.10. The summed E-state index contributed by atoms with van der Waals surface area (Å²) in [5.74, 6) is 0.621. The minimum absolute atomic E-state index is 0.259. The zero-order valence-electron chi connectivity index (χ0n) is 15.5. The third kappa shape index (κ3) is 3.84. The van der Waals surface area contributed by atoms with E-state index in [1.807, 2.05) is 36.4 Å². The number of nitrogens with zero attached hydrogens (tertiary/aromatic N) is 2. The van der Waals surface area contributed by atoms with Crippen LogP contribution < -0.4 is 9.64 Å². The number of amides is 1. The summed E-state index contributed by atoms with van der Waals surface area (Å²) in [5, 5.41) is 0. The van der Waals surface area contributed by atoms with E-state index in [1.165, 1.54) is 12.1 Å². The average molecular weight is 451 g/mol. The van der Waals surface area contributed by atoms with Crippen LogP contribution >= 0.6 is 15.9 Å². The van der Waals surface area contributed by atoms with Crippen LogP contribution in [-0.2, 0) is 4.79 Å². The molecule has 0 saturated heterocycles.